The summed E-state index contributed by atoms with van der Waals surface area (Å²) < 4.78 is 0. The van der Waals surface area contributed by atoms with Crippen molar-refractivity contribution in [2.75, 3.05) is 6.54 Å². The van der Waals surface area contributed by atoms with Gasteiger partial charge < -0.3 is 0 Å². The highest BCUT2D eigenvalue weighted by atomic mass is 35.5. The van der Waals surface area contributed by atoms with Gasteiger partial charge in [0.1, 0.15) is 5.70 Å². The molecule has 1 saturated heterocycles. The van der Waals surface area contributed by atoms with E-state index in [1.807, 2.05) is 42.5 Å². The van der Waals surface area contributed by atoms with Crippen molar-refractivity contribution in [2.45, 2.75) is 18.9 Å². The SMILES string of the molecule is O=C1CC2c3ccccc3CCN2N(C(=O)c2ccccc2)/C1=C\c1ccc(Cl)cc1. The second kappa shape index (κ2) is 8.14. The molecular weight excluding hydrogens is 408 g/mol. The van der Waals surface area contributed by atoms with Gasteiger partial charge in [0.05, 0.1) is 6.04 Å². The summed E-state index contributed by atoms with van der Waals surface area (Å²) >= 11 is 6.02. The van der Waals surface area contributed by atoms with E-state index >= 15 is 0 Å². The highest BCUT2D eigenvalue weighted by molar-refractivity contribution is 6.30. The Hall–Kier alpha value is -3.21. The second-order valence-corrected chi connectivity index (χ2v) is 8.26. The fourth-order valence-corrected chi connectivity index (χ4v) is 4.54. The van der Waals surface area contributed by atoms with Gasteiger partial charge in [-0.2, -0.15) is 0 Å². The lowest BCUT2D eigenvalue weighted by molar-refractivity contribution is -0.129. The molecule has 3 aromatic rings. The molecule has 2 aliphatic rings. The average Bonchev–Trinajstić information content (AvgIpc) is 2.81. The number of hydrazine groups is 1. The van der Waals surface area contributed by atoms with Crippen molar-refractivity contribution in [2.24, 2.45) is 0 Å². The zero-order chi connectivity index (χ0) is 21.4. The molecule has 5 heteroatoms. The molecule has 4 nitrogen and oxygen atoms in total. The summed E-state index contributed by atoms with van der Waals surface area (Å²) in [6.45, 7) is 0.672. The Morgan fingerprint density at radius 3 is 2.42 bits per heavy atom. The molecule has 2 heterocycles. The number of halogens is 1. The number of carbonyl (C=O) groups is 2. The molecule has 0 aliphatic carbocycles. The molecule has 154 valence electrons. The van der Waals surface area contributed by atoms with Gasteiger partial charge >= 0.3 is 0 Å². The molecule has 1 unspecified atom stereocenters. The molecule has 31 heavy (non-hydrogen) atoms. The maximum absolute atomic E-state index is 13.6. The number of fused-ring (bicyclic) bond motifs is 3. The van der Waals surface area contributed by atoms with Crippen molar-refractivity contribution in [1.29, 1.82) is 0 Å². The van der Waals surface area contributed by atoms with E-state index < -0.39 is 0 Å². The number of nitrogens with zero attached hydrogens (tertiary/aromatic N) is 2. The zero-order valence-electron chi connectivity index (χ0n) is 16.9. The average molecular weight is 429 g/mol. The normalized spacial score (nSPS) is 19.8. The summed E-state index contributed by atoms with van der Waals surface area (Å²) in [5.74, 6) is -0.240. The Morgan fingerprint density at radius 1 is 0.935 bits per heavy atom. The zero-order valence-corrected chi connectivity index (χ0v) is 17.6. The molecule has 0 aromatic heterocycles. The van der Waals surface area contributed by atoms with Gasteiger partial charge in [-0.15, -0.1) is 0 Å². The first-order valence-electron chi connectivity index (χ1n) is 10.4. The van der Waals surface area contributed by atoms with E-state index in [9.17, 15) is 9.59 Å². The first kappa shape index (κ1) is 19.7. The van der Waals surface area contributed by atoms with Crippen LogP contribution in [-0.2, 0) is 11.2 Å². The molecule has 1 fully saturated rings. The monoisotopic (exact) mass is 428 g/mol. The van der Waals surface area contributed by atoms with E-state index in [4.69, 9.17) is 11.6 Å². The number of allylic oxidation sites excluding steroid dienone is 1. The van der Waals surface area contributed by atoms with Gasteiger partial charge in [-0.05, 0) is 53.5 Å². The van der Waals surface area contributed by atoms with Crippen LogP contribution in [0.2, 0.25) is 5.02 Å². The Bertz CT molecular complexity index is 1170. The van der Waals surface area contributed by atoms with Crippen molar-refractivity contribution >= 4 is 29.4 Å². The first-order chi connectivity index (χ1) is 15.1. The molecule has 0 spiro atoms. The van der Waals surface area contributed by atoms with Crippen LogP contribution in [0.5, 0.6) is 0 Å². The number of rotatable bonds is 2. The number of benzene rings is 3. The van der Waals surface area contributed by atoms with Crippen LogP contribution in [0.3, 0.4) is 0 Å². The Labute approximate surface area is 186 Å². The summed E-state index contributed by atoms with van der Waals surface area (Å²) in [7, 11) is 0. The number of carbonyl (C=O) groups excluding carboxylic acids is 2. The predicted octanol–water partition coefficient (Wildman–Crippen LogP) is 5.31. The molecule has 0 N–H and O–H groups in total. The molecule has 2 aliphatic heterocycles. The largest absolute Gasteiger partial charge is 0.292 e. The third-order valence-corrected chi connectivity index (χ3v) is 6.17. The second-order valence-electron chi connectivity index (χ2n) is 7.82. The summed E-state index contributed by atoms with van der Waals surface area (Å²) in [6, 6.07) is 24.4. The van der Waals surface area contributed by atoms with Crippen molar-refractivity contribution in [1.82, 2.24) is 10.0 Å². The van der Waals surface area contributed by atoms with Crippen LogP contribution in [0, 0.1) is 0 Å². The Balaban J connectivity index is 1.62. The van der Waals surface area contributed by atoms with Crippen molar-refractivity contribution < 1.29 is 9.59 Å². The van der Waals surface area contributed by atoms with Crippen LogP contribution >= 0.6 is 11.6 Å². The third kappa shape index (κ3) is 3.69. The standard InChI is InChI=1S/C26H21ClN2O2/c27-21-12-10-18(11-13-21)16-24-25(30)17-23-22-9-5-4-6-19(22)14-15-28(23)29(24)26(31)20-7-2-1-3-8-20/h1-13,16,23H,14-15,17H2/b24-16-. The van der Waals surface area contributed by atoms with E-state index in [0.717, 1.165) is 17.5 Å². The van der Waals surface area contributed by atoms with E-state index in [-0.39, 0.29) is 17.7 Å². The fourth-order valence-electron chi connectivity index (χ4n) is 4.42. The maximum atomic E-state index is 13.6. The third-order valence-electron chi connectivity index (χ3n) is 5.92. The van der Waals surface area contributed by atoms with Crippen LogP contribution in [0.15, 0.2) is 84.6 Å². The highest BCUT2D eigenvalue weighted by Crippen LogP contribution is 2.40. The summed E-state index contributed by atoms with van der Waals surface area (Å²) in [4.78, 5) is 27.0. The Morgan fingerprint density at radius 2 is 1.65 bits per heavy atom. The van der Waals surface area contributed by atoms with Gasteiger partial charge in [0, 0.05) is 23.6 Å². The van der Waals surface area contributed by atoms with Gasteiger partial charge in [0.25, 0.3) is 5.91 Å². The van der Waals surface area contributed by atoms with Gasteiger partial charge in [0.15, 0.2) is 5.78 Å². The number of hydrogen-bond donors (Lipinski definition) is 0. The van der Waals surface area contributed by atoms with Gasteiger partial charge in [-0.3, -0.25) is 9.59 Å². The molecule has 5 rings (SSSR count). The Kier molecular flexibility index (Phi) is 5.18. The number of hydrogen-bond acceptors (Lipinski definition) is 3. The lowest BCUT2D eigenvalue weighted by Gasteiger charge is -2.47. The molecule has 3 aromatic carbocycles. The van der Waals surface area contributed by atoms with Crippen molar-refractivity contribution in [3.05, 3.63) is 112 Å². The van der Waals surface area contributed by atoms with Crippen LogP contribution in [0.1, 0.15) is 39.5 Å². The summed E-state index contributed by atoms with van der Waals surface area (Å²) in [5.41, 5.74) is 4.14. The van der Waals surface area contributed by atoms with E-state index in [1.54, 1.807) is 35.4 Å². The van der Waals surface area contributed by atoms with Crippen molar-refractivity contribution in [3.8, 4) is 0 Å². The molecular formula is C26H21ClN2O2. The first-order valence-corrected chi connectivity index (χ1v) is 10.7. The smallest absolute Gasteiger partial charge is 0.272 e. The summed E-state index contributed by atoms with van der Waals surface area (Å²) in [5, 5.41) is 4.28. The molecule has 0 radical (unpaired) electrons. The van der Waals surface area contributed by atoms with E-state index in [1.165, 1.54) is 5.56 Å². The van der Waals surface area contributed by atoms with Gasteiger partial charge in [0.2, 0.25) is 0 Å². The van der Waals surface area contributed by atoms with Crippen LogP contribution in [-0.4, -0.2) is 28.3 Å². The van der Waals surface area contributed by atoms with E-state index in [2.05, 4.69) is 17.1 Å². The minimum atomic E-state index is -0.196. The number of ketones is 1. The van der Waals surface area contributed by atoms with Gasteiger partial charge in [-0.25, -0.2) is 10.0 Å². The molecule has 1 atom stereocenters. The number of amides is 1. The maximum Gasteiger partial charge on any atom is 0.272 e. The molecule has 0 bridgehead atoms. The molecule has 1 amide bonds. The number of Topliss-reactive ketones (excluding diaryl/α,β-unsaturated/α-hetero) is 1. The molecule has 0 saturated carbocycles. The minimum Gasteiger partial charge on any atom is -0.292 e. The fraction of sp³-hybridized carbons (Fsp3) is 0.154. The van der Waals surface area contributed by atoms with Crippen LogP contribution in [0.4, 0.5) is 0 Å². The van der Waals surface area contributed by atoms with Gasteiger partial charge in [-0.1, -0.05) is 66.2 Å². The highest BCUT2D eigenvalue weighted by Gasteiger charge is 2.43. The lowest BCUT2D eigenvalue weighted by atomic mass is 9.88. The van der Waals surface area contributed by atoms with Crippen molar-refractivity contribution in [3.63, 3.8) is 0 Å². The van der Waals surface area contributed by atoms with E-state index in [0.29, 0.717) is 29.2 Å². The minimum absolute atomic E-state index is 0.0443. The lowest BCUT2D eigenvalue weighted by Crippen LogP contribution is -2.55. The summed E-state index contributed by atoms with van der Waals surface area (Å²) in [6.07, 6.45) is 2.96. The predicted molar refractivity (Wildman–Crippen MR) is 121 cm³/mol. The van der Waals surface area contributed by atoms with Crippen LogP contribution in [0.25, 0.3) is 6.08 Å². The topological polar surface area (TPSA) is 40.6 Å². The quantitative estimate of drug-likeness (QED) is 0.519. The van der Waals surface area contributed by atoms with Crippen LogP contribution < -0.4 is 0 Å².